The molecule has 3 heteroatoms. The van der Waals surface area contributed by atoms with Gasteiger partial charge >= 0.3 is 0 Å². The summed E-state index contributed by atoms with van der Waals surface area (Å²) >= 11 is 8.00. The molecule has 1 heterocycles. The maximum Gasteiger partial charge on any atom is 0.126 e. The van der Waals surface area contributed by atoms with Crippen LogP contribution in [0.3, 0.4) is 0 Å². The highest BCUT2D eigenvalue weighted by atomic mass is 35.5. The Kier molecular flexibility index (Phi) is 4.32. The van der Waals surface area contributed by atoms with Gasteiger partial charge in [0.25, 0.3) is 0 Å². The largest absolute Gasteiger partial charge is 0.207 e. The van der Waals surface area contributed by atoms with Crippen molar-refractivity contribution in [3.05, 3.63) is 65.5 Å². The molecule has 0 fully saturated rings. The fourth-order valence-corrected chi connectivity index (χ4v) is 4.41. The van der Waals surface area contributed by atoms with Crippen molar-refractivity contribution in [1.82, 2.24) is 0 Å². The van der Waals surface area contributed by atoms with Gasteiger partial charge in [-0.1, -0.05) is 36.4 Å². The standard InChI is InChI=1S/C17H16ClFS/c18-10-12(14-5-1-3-7-16(14)19)9-13-11-20-17-8-4-2-6-15(13)17/h1-8,12-13H,9-11H2. The average Bonchev–Trinajstić information content (AvgIpc) is 2.89. The van der Waals surface area contributed by atoms with Crippen molar-refractivity contribution in [2.45, 2.75) is 23.2 Å². The van der Waals surface area contributed by atoms with E-state index >= 15 is 0 Å². The molecular formula is C17H16ClFS. The summed E-state index contributed by atoms with van der Waals surface area (Å²) in [4.78, 5) is 1.36. The van der Waals surface area contributed by atoms with Crippen molar-refractivity contribution in [3.8, 4) is 0 Å². The normalized spacial score (nSPS) is 18.8. The smallest absolute Gasteiger partial charge is 0.126 e. The number of rotatable bonds is 4. The van der Waals surface area contributed by atoms with Crippen LogP contribution in [0.4, 0.5) is 4.39 Å². The minimum atomic E-state index is -0.142. The molecule has 2 aromatic rings. The molecule has 0 N–H and O–H groups in total. The van der Waals surface area contributed by atoms with Crippen LogP contribution in [-0.4, -0.2) is 11.6 Å². The molecule has 2 unspecified atom stereocenters. The minimum Gasteiger partial charge on any atom is -0.207 e. The van der Waals surface area contributed by atoms with E-state index in [1.807, 2.05) is 23.9 Å². The number of alkyl halides is 1. The van der Waals surface area contributed by atoms with Gasteiger partial charge in [0.1, 0.15) is 5.82 Å². The van der Waals surface area contributed by atoms with Crippen LogP contribution in [0.5, 0.6) is 0 Å². The predicted octanol–water partition coefficient (Wildman–Crippen LogP) is 5.43. The molecule has 0 aromatic heterocycles. The SMILES string of the molecule is Fc1ccccc1C(CCl)CC1CSc2ccccc21. The Morgan fingerprint density at radius 3 is 2.70 bits per heavy atom. The molecule has 1 aliphatic heterocycles. The van der Waals surface area contributed by atoms with Gasteiger partial charge in [0, 0.05) is 22.4 Å². The molecule has 0 radical (unpaired) electrons. The lowest BCUT2D eigenvalue weighted by molar-refractivity contribution is 0.551. The zero-order valence-corrected chi connectivity index (χ0v) is 12.6. The van der Waals surface area contributed by atoms with Gasteiger partial charge in [-0.15, -0.1) is 23.4 Å². The number of halogens is 2. The van der Waals surface area contributed by atoms with Gasteiger partial charge in [-0.25, -0.2) is 4.39 Å². The maximum atomic E-state index is 13.9. The third kappa shape index (κ3) is 2.72. The Morgan fingerprint density at radius 1 is 1.15 bits per heavy atom. The summed E-state index contributed by atoms with van der Waals surface area (Å²) in [5.74, 6) is 1.94. The van der Waals surface area contributed by atoms with E-state index < -0.39 is 0 Å². The summed E-state index contributed by atoms with van der Waals surface area (Å²) in [6, 6.07) is 15.5. The second kappa shape index (κ2) is 6.19. The first-order valence-electron chi connectivity index (χ1n) is 6.81. The first-order valence-corrected chi connectivity index (χ1v) is 8.33. The zero-order valence-electron chi connectivity index (χ0n) is 11.1. The number of hydrogen-bond acceptors (Lipinski definition) is 1. The first kappa shape index (κ1) is 14.0. The van der Waals surface area contributed by atoms with Gasteiger partial charge in [0.05, 0.1) is 0 Å². The van der Waals surface area contributed by atoms with E-state index in [1.54, 1.807) is 6.07 Å². The van der Waals surface area contributed by atoms with E-state index in [0.29, 0.717) is 11.8 Å². The second-order valence-electron chi connectivity index (χ2n) is 5.15. The molecule has 2 atom stereocenters. The summed E-state index contributed by atoms with van der Waals surface area (Å²) in [6.07, 6.45) is 0.911. The van der Waals surface area contributed by atoms with Crippen molar-refractivity contribution in [3.63, 3.8) is 0 Å². The number of fused-ring (bicyclic) bond motifs is 1. The summed E-state index contributed by atoms with van der Waals surface area (Å²) in [6.45, 7) is 0. The lowest BCUT2D eigenvalue weighted by Crippen LogP contribution is -2.09. The summed E-state index contributed by atoms with van der Waals surface area (Å²) < 4.78 is 13.9. The molecule has 0 aliphatic carbocycles. The van der Waals surface area contributed by atoms with Crippen molar-refractivity contribution in [1.29, 1.82) is 0 Å². The minimum absolute atomic E-state index is 0.0784. The molecule has 104 valence electrons. The highest BCUT2D eigenvalue weighted by Crippen LogP contribution is 2.44. The monoisotopic (exact) mass is 306 g/mol. The number of thioether (sulfide) groups is 1. The molecule has 20 heavy (non-hydrogen) atoms. The fraction of sp³-hybridized carbons (Fsp3) is 0.294. The van der Waals surface area contributed by atoms with Crippen molar-refractivity contribution in [2.24, 2.45) is 0 Å². The Bertz CT molecular complexity index is 599. The third-order valence-corrected chi connectivity index (χ3v) is 5.52. The van der Waals surface area contributed by atoms with Crippen LogP contribution in [0, 0.1) is 5.82 Å². The Hall–Kier alpha value is -0.990. The van der Waals surface area contributed by atoms with Crippen LogP contribution in [0.15, 0.2) is 53.4 Å². The third-order valence-electron chi connectivity index (χ3n) is 3.90. The van der Waals surface area contributed by atoms with Crippen LogP contribution in [0.25, 0.3) is 0 Å². The predicted molar refractivity (Wildman–Crippen MR) is 84.4 cm³/mol. The van der Waals surface area contributed by atoms with Crippen LogP contribution >= 0.6 is 23.4 Å². The fourth-order valence-electron chi connectivity index (χ4n) is 2.85. The van der Waals surface area contributed by atoms with E-state index in [-0.39, 0.29) is 11.7 Å². The number of benzene rings is 2. The van der Waals surface area contributed by atoms with Gasteiger partial charge in [0.15, 0.2) is 0 Å². The highest BCUT2D eigenvalue weighted by molar-refractivity contribution is 7.99. The molecule has 0 nitrogen and oxygen atoms in total. The Balaban J connectivity index is 1.82. The molecule has 2 aromatic carbocycles. The van der Waals surface area contributed by atoms with Crippen LogP contribution < -0.4 is 0 Å². The highest BCUT2D eigenvalue weighted by Gasteiger charge is 2.27. The maximum absolute atomic E-state index is 13.9. The molecule has 1 aliphatic rings. The van der Waals surface area contributed by atoms with Crippen LogP contribution in [0.2, 0.25) is 0 Å². The van der Waals surface area contributed by atoms with Gasteiger partial charge in [-0.2, -0.15) is 0 Å². The molecular weight excluding hydrogens is 291 g/mol. The van der Waals surface area contributed by atoms with E-state index in [9.17, 15) is 4.39 Å². The van der Waals surface area contributed by atoms with E-state index in [1.165, 1.54) is 16.5 Å². The summed E-state index contributed by atoms with van der Waals surface area (Å²) in [5.41, 5.74) is 2.14. The lowest BCUT2D eigenvalue weighted by atomic mass is 9.87. The lowest BCUT2D eigenvalue weighted by Gasteiger charge is -2.19. The molecule has 0 saturated heterocycles. The van der Waals surface area contributed by atoms with E-state index in [4.69, 9.17) is 11.6 Å². The molecule has 0 spiro atoms. The molecule has 0 saturated carbocycles. The average molecular weight is 307 g/mol. The van der Waals surface area contributed by atoms with Gasteiger partial charge in [-0.3, -0.25) is 0 Å². The molecule has 3 rings (SSSR count). The van der Waals surface area contributed by atoms with Gasteiger partial charge < -0.3 is 0 Å². The Labute approximate surface area is 128 Å². The van der Waals surface area contributed by atoms with Crippen molar-refractivity contribution >= 4 is 23.4 Å². The van der Waals surface area contributed by atoms with Gasteiger partial charge in [-0.05, 0) is 35.6 Å². The summed E-state index contributed by atoms with van der Waals surface area (Å²) in [5, 5.41) is 0. The van der Waals surface area contributed by atoms with E-state index in [0.717, 1.165) is 17.7 Å². The van der Waals surface area contributed by atoms with E-state index in [2.05, 4.69) is 24.3 Å². The summed E-state index contributed by atoms with van der Waals surface area (Å²) in [7, 11) is 0. The first-order chi connectivity index (χ1) is 9.79. The molecule has 0 bridgehead atoms. The van der Waals surface area contributed by atoms with Crippen molar-refractivity contribution < 1.29 is 4.39 Å². The topological polar surface area (TPSA) is 0 Å². The quantitative estimate of drug-likeness (QED) is 0.679. The molecule has 0 amide bonds. The Morgan fingerprint density at radius 2 is 1.90 bits per heavy atom. The zero-order chi connectivity index (χ0) is 13.9. The van der Waals surface area contributed by atoms with Crippen molar-refractivity contribution in [2.75, 3.05) is 11.6 Å². The van der Waals surface area contributed by atoms with Crippen LogP contribution in [0.1, 0.15) is 29.4 Å². The van der Waals surface area contributed by atoms with Crippen LogP contribution in [-0.2, 0) is 0 Å². The van der Waals surface area contributed by atoms with Gasteiger partial charge in [0.2, 0.25) is 0 Å². The number of hydrogen-bond donors (Lipinski definition) is 0. The second-order valence-corrected chi connectivity index (χ2v) is 6.52.